The van der Waals surface area contributed by atoms with E-state index in [0.29, 0.717) is 22.3 Å². The number of hydrogen-bond donors (Lipinski definition) is 1. The first kappa shape index (κ1) is 14.5. The van der Waals surface area contributed by atoms with Crippen molar-refractivity contribution in [3.05, 3.63) is 29.1 Å². The maximum atomic E-state index is 13.5. The number of halogens is 1. The molecule has 2 unspecified atom stereocenters. The first-order valence-corrected chi connectivity index (χ1v) is 6.85. The van der Waals surface area contributed by atoms with E-state index < -0.39 is 6.10 Å². The largest absolute Gasteiger partial charge is 0.389 e. The monoisotopic (exact) mass is 256 g/mol. The molecule has 1 nitrogen and oxygen atoms in total. The minimum atomic E-state index is -0.632. The van der Waals surface area contributed by atoms with E-state index in [-0.39, 0.29) is 5.82 Å². The summed E-state index contributed by atoms with van der Waals surface area (Å²) in [6, 6.07) is 3.29. The van der Waals surface area contributed by atoms with E-state index in [1.54, 1.807) is 25.6 Å². The molecule has 3 heteroatoms. The van der Waals surface area contributed by atoms with Crippen molar-refractivity contribution in [1.82, 2.24) is 0 Å². The molecule has 1 aromatic carbocycles. The topological polar surface area (TPSA) is 20.2 Å². The maximum absolute atomic E-state index is 13.5. The average molecular weight is 256 g/mol. The normalized spacial score (nSPS) is 15.1. The summed E-state index contributed by atoms with van der Waals surface area (Å²) in [6.45, 7) is 9.91. The number of hydrogen-bond acceptors (Lipinski definition) is 2. The van der Waals surface area contributed by atoms with Gasteiger partial charge in [-0.3, -0.25) is 0 Å². The van der Waals surface area contributed by atoms with Crippen LogP contribution in [-0.4, -0.2) is 10.4 Å². The van der Waals surface area contributed by atoms with E-state index in [9.17, 15) is 9.50 Å². The number of aryl methyl sites for hydroxylation is 1. The first-order chi connectivity index (χ1) is 7.82. The quantitative estimate of drug-likeness (QED) is 0.809. The lowest BCUT2D eigenvalue weighted by Crippen LogP contribution is -2.07. The van der Waals surface area contributed by atoms with Gasteiger partial charge in [0, 0.05) is 10.1 Å². The van der Waals surface area contributed by atoms with Gasteiger partial charge < -0.3 is 5.11 Å². The summed E-state index contributed by atoms with van der Waals surface area (Å²) in [5, 5.41) is 10.1. The van der Waals surface area contributed by atoms with E-state index in [1.807, 2.05) is 6.07 Å². The molecule has 1 N–H and O–H groups in total. The molecule has 96 valence electrons. The molecular weight excluding hydrogens is 235 g/mol. The van der Waals surface area contributed by atoms with Gasteiger partial charge in [0.2, 0.25) is 0 Å². The van der Waals surface area contributed by atoms with Crippen molar-refractivity contribution in [2.24, 2.45) is 5.92 Å². The fourth-order valence-corrected chi connectivity index (χ4v) is 2.72. The highest BCUT2D eigenvalue weighted by Crippen LogP contribution is 2.34. The molecule has 0 aliphatic heterocycles. The maximum Gasteiger partial charge on any atom is 0.126 e. The highest BCUT2D eigenvalue weighted by Gasteiger charge is 2.16. The van der Waals surface area contributed by atoms with Crippen molar-refractivity contribution in [3.8, 4) is 0 Å². The standard InChI is InChI=1S/C14H21FOS/c1-8(2)11(5)17-14-6-9(3)13(15)7-12(14)10(4)16/h6-8,10-11,16H,1-5H3. The van der Waals surface area contributed by atoms with Crippen LogP contribution in [0, 0.1) is 18.7 Å². The molecule has 0 aromatic heterocycles. The molecule has 0 saturated heterocycles. The summed E-state index contributed by atoms with van der Waals surface area (Å²) in [5.41, 5.74) is 1.32. The molecule has 2 atom stereocenters. The van der Waals surface area contributed by atoms with Crippen LogP contribution in [0.25, 0.3) is 0 Å². The summed E-state index contributed by atoms with van der Waals surface area (Å²) in [6.07, 6.45) is -0.632. The Morgan fingerprint density at radius 1 is 1.18 bits per heavy atom. The van der Waals surface area contributed by atoms with Crippen molar-refractivity contribution >= 4 is 11.8 Å². The average Bonchev–Trinajstić information content (AvgIpc) is 2.22. The van der Waals surface area contributed by atoms with E-state index in [4.69, 9.17) is 0 Å². The van der Waals surface area contributed by atoms with Gasteiger partial charge in [0.1, 0.15) is 5.82 Å². The van der Waals surface area contributed by atoms with Crippen LogP contribution in [0.5, 0.6) is 0 Å². The molecule has 0 aliphatic carbocycles. The smallest absolute Gasteiger partial charge is 0.126 e. The molecule has 0 bridgehead atoms. The molecule has 0 radical (unpaired) electrons. The Hall–Kier alpha value is -0.540. The molecular formula is C14H21FOS. The Labute approximate surface area is 107 Å². The Morgan fingerprint density at radius 2 is 1.76 bits per heavy atom. The van der Waals surface area contributed by atoms with Gasteiger partial charge in [-0.1, -0.05) is 20.8 Å². The number of thioether (sulfide) groups is 1. The summed E-state index contributed by atoms with van der Waals surface area (Å²) in [7, 11) is 0. The second kappa shape index (κ2) is 5.87. The van der Waals surface area contributed by atoms with Crippen LogP contribution in [0.15, 0.2) is 17.0 Å². The lowest BCUT2D eigenvalue weighted by Gasteiger charge is -2.19. The molecule has 0 fully saturated rings. The molecule has 0 aliphatic rings. The lowest BCUT2D eigenvalue weighted by molar-refractivity contribution is 0.196. The zero-order chi connectivity index (χ0) is 13.2. The zero-order valence-corrected chi connectivity index (χ0v) is 11.9. The van der Waals surface area contributed by atoms with E-state index in [2.05, 4.69) is 20.8 Å². The van der Waals surface area contributed by atoms with Gasteiger partial charge in [0.25, 0.3) is 0 Å². The van der Waals surface area contributed by atoms with Crippen LogP contribution < -0.4 is 0 Å². The molecule has 0 saturated carbocycles. The first-order valence-electron chi connectivity index (χ1n) is 5.97. The Balaban J connectivity index is 3.08. The van der Waals surface area contributed by atoms with Gasteiger partial charge in [0.05, 0.1) is 6.10 Å². The van der Waals surface area contributed by atoms with Crippen LogP contribution in [0.1, 0.15) is 44.9 Å². The third-order valence-electron chi connectivity index (χ3n) is 2.99. The summed E-state index contributed by atoms with van der Waals surface area (Å²) in [4.78, 5) is 0.986. The van der Waals surface area contributed by atoms with Gasteiger partial charge in [-0.25, -0.2) is 4.39 Å². The summed E-state index contributed by atoms with van der Waals surface area (Å²) < 4.78 is 13.5. The van der Waals surface area contributed by atoms with Crippen molar-refractivity contribution in [2.75, 3.05) is 0 Å². The minimum Gasteiger partial charge on any atom is -0.389 e. The SMILES string of the molecule is Cc1cc(SC(C)C(C)C)c(C(C)O)cc1F. The lowest BCUT2D eigenvalue weighted by atomic mass is 10.1. The molecule has 1 rings (SSSR count). The second-order valence-corrected chi connectivity index (χ2v) is 6.30. The summed E-state index contributed by atoms with van der Waals surface area (Å²) >= 11 is 1.70. The van der Waals surface area contributed by atoms with Gasteiger partial charge in [-0.15, -0.1) is 11.8 Å². The molecule has 0 heterocycles. The molecule has 1 aromatic rings. The van der Waals surface area contributed by atoms with Crippen molar-refractivity contribution in [3.63, 3.8) is 0 Å². The number of aliphatic hydroxyl groups excluding tert-OH is 1. The predicted molar refractivity (Wildman–Crippen MR) is 71.9 cm³/mol. The fraction of sp³-hybridized carbons (Fsp3) is 0.571. The van der Waals surface area contributed by atoms with Gasteiger partial charge in [-0.2, -0.15) is 0 Å². The number of benzene rings is 1. The highest BCUT2D eigenvalue weighted by atomic mass is 32.2. The van der Waals surface area contributed by atoms with Crippen LogP contribution in [-0.2, 0) is 0 Å². The highest BCUT2D eigenvalue weighted by molar-refractivity contribution is 8.00. The Morgan fingerprint density at radius 3 is 2.24 bits per heavy atom. The van der Waals surface area contributed by atoms with Crippen LogP contribution in [0.4, 0.5) is 4.39 Å². The van der Waals surface area contributed by atoms with Gasteiger partial charge in [0.15, 0.2) is 0 Å². The third-order valence-corrected chi connectivity index (χ3v) is 4.52. The number of rotatable bonds is 4. The van der Waals surface area contributed by atoms with E-state index >= 15 is 0 Å². The number of aliphatic hydroxyl groups is 1. The van der Waals surface area contributed by atoms with Crippen molar-refractivity contribution in [2.45, 2.75) is 50.9 Å². The van der Waals surface area contributed by atoms with Gasteiger partial charge in [-0.05, 0) is 43.0 Å². The minimum absolute atomic E-state index is 0.248. The van der Waals surface area contributed by atoms with Crippen LogP contribution in [0.3, 0.4) is 0 Å². The summed E-state index contributed by atoms with van der Waals surface area (Å²) in [5.74, 6) is 0.301. The van der Waals surface area contributed by atoms with Crippen molar-refractivity contribution in [1.29, 1.82) is 0 Å². The van der Waals surface area contributed by atoms with E-state index in [0.717, 1.165) is 4.90 Å². The molecule has 0 spiro atoms. The third kappa shape index (κ3) is 3.71. The predicted octanol–water partition coefficient (Wildman–Crippen LogP) is 4.32. The van der Waals surface area contributed by atoms with Crippen molar-refractivity contribution < 1.29 is 9.50 Å². The fourth-order valence-electron chi connectivity index (χ4n) is 1.44. The van der Waals surface area contributed by atoms with Gasteiger partial charge >= 0.3 is 0 Å². The second-order valence-electron chi connectivity index (χ2n) is 4.88. The Bertz CT molecular complexity index is 388. The Kier molecular flexibility index (Phi) is 5.02. The van der Waals surface area contributed by atoms with Crippen LogP contribution >= 0.6 is 11.8 Å². The van der Waals surface area contributed by atoms with Crippen LogP contribution in [0.2, 0.25) is 0 Å². The zero-order valence-electron chi connectivity index (χ0n) is 11.1. The van der Waals surface area contributed by atoms with E-state index in [1.165, 1.54) is 6.07 Å². The molecule has 0 amide bonds. The molecule has 17 heavy (non-hydrogen) atoms.